The third kappa shape index (κ3) is 4.91. The van der Waals surface area contributed by atoms with Crippen molar-refractivity contribution >= 4 is 34.7 Å². The van der Waals surface area contributed by atoms with Crippen molar-refractivity contribution in [2.45, 2.75) is 50.2 Å². The van der Waals surface area contributed by atoms with E-state index in [9.17, 15) is 18.4 Å². The topological polar surface area (TPSA) is 76.0 Å². The van der Waals surface area contributed by atoms with Gasteiger partial charge in [-0.15, -0.1) is 0 Å². The summed E-state index contributed by atoms with van der Waals surface area (Å²) in [4.78, 5) is 28.0. The monoisotopic (exact) mass is 370 g/mol. The SMILES string of the molecule is CC(Sc1nc2ccccc2n1C(F)F)C(=O)NC(=O)NC(C)(C)C. The van der Waals surface area contributed by atoms with E-state index in [0.29, 0.717) is 5.52 Å². The normalized spacial score (nSPS) is 13.1. The number of rotatable bonds is 4. The van der Waals surface area contributed by atoms with E-state index in [0.717, 1.165) is 16.3 Å². The second kappa shape index (κ2) is 7.38. The van der Waals surface area contributed by atoms with Crippen molar-refractivity contribution in [3.63, 3.8) is 0 Å². The number of hydrogen-bond donors (Lipinski definition) is 2. The number of imidazole rings is 1. The van der Waals surface area contributed by atoms with Gasteiger partial charge in [0.1, 0.15) is 0 Å². The summed E-state index contributed by atoms with van der Waals surface area (Å²) >= 11 is 0.872. The van der Waals surface area contributed by atoms with Gasteiger partial charge in [-0.1, -0.05) is 23.9 Å². The van der Waals surface area contributed by atoms with Crippen LogP contribution in [0.25, 0.3) is 11.0 Å². The van der Waals surface area contributed by atoms with Gasteiger partial charge in [-0.2, -0.15) is 8.78 Å². The van der Waals surface area contributed by atoms with Crippen LogP contribution in [0.2, 0.25) is 0 Å². The minimum absolute atomic E-state index is 0.0232. The van der Waals surface area contributed by atoms with E-state index < -0.39 is 29.3 Å². The Morgan fingerprint density at radius 2 is 1.88 bits per heavy atom. The molecule has 1 atom stereocenters. The number of hydrogen-bond acceptors (Lipinski definition) is 4. The van der Waals surface area contributed by atoms with Crippen molar-refractivity contribution in [2.75, 3.05) is 0 Å². The fourth-order valence-electron chi connectivity index (χ4n) is 2.09. The number of imide groups is 1. The maximum atomic E-state index is 13.4. The molecule has 0 fully saturated rings. The minimum atomic E-state index is -2.78. The molecule has 0 spiro atoms. The molecule has 1 aromatic heterocycles. The van der Waals surface area contributed by atoms with E-state index in [1.165, 1.54) is 6.92 Å². The molecule has 2 N–H and O–H groups in total. The molecule has 0 bridgehead atoms. The van der Waals surface area contributed by atoms with Gasteiger partial charge in [0.15, 0.2) is 5.16 Å². The van der Waals surface area contributed by atoms with E-state index in [-0.39, 0.29) is 10.7 Å². The zero-order valence-corrected chi connectivity index (χ0v) is 15.2. The van der Waals surface area contributed by atoms with Crippen LogP contribution in [-0.4, -0.2) is 32.3 Å². The van der Waals surface area contributed by atoms with Crippen molar-refractivity contribution in [3.05, 3.63) is 24.3 Å². The zero-order valence-electron chi connectivity index (χ0n) is 14.3. The van der Waals surface area contributed by atoms with E-state index >= 15 is 0 Å². The summed E-state index contributed by atoms with van der Waals surface area (Å²) in [5, 5.41) is 4.05. The molecule has 0 aliphatic heterocycles. The fraction of sp³-hybridized carbons (Fsp3) is 0.438. The molecule has 0 aliphatic rings. The third-order valence-corrected chi connectivity index (χ3v) is 4.20. The Balaban J connectivity index is 2.13. The van der Waals surface area contributed by atoms with Crippen LogP contribution in [0.5, 0.6) is 0 Å². The van der Waals surface area contributed by atoms with Crippen molar-refractivity contribution in [2.24, 2.45) is 0 Å². The molecule has 9 heteroatoms. The first kappa shape index (κ1) is 19.2. The summed E-state index contributed by atoms with van der Waals surface area (Å²) in [5.74, 6) is -0.584. The molecule has 1 unspecified atom stereocenters. The Labute approximate surface area is 148 Å². The second-order valence-corrected chi connectivity index (χ2v) is 7.79. The van der Waals surface area contributed by atoms with E-state index in [2.05, 4.69) is 15.6 Å². The number of benzene rings is 1. The first-order valence-corrected chi connectivity index (χ1v) is 8.51. The van der Waals surface area contributed by atoms with Crippen molar-refractivity contribution in [1.29, 1.82) is 0 Å². The number of aromatic nitrogens is 2. The summed E-state index contributed by atoms with van der Waals surface area (Å²) in [6, 6.07) is 5.88. The molecular formula is C16H20F2N4O2S. The number of amides is 3. The molecule has 2 rings (SSSR count). The van der Waals surface area contributed by atoms with Gasteiger partial charge < -0.3 is 5.32 Å². The number of carbonyl (C=O) groups is 2. The van der Waals surface area contributed by atoms with Crippen molar-refractivity contribution in [3.8, 4) is 0 Å². The molecule has 0 aliphatic carbocycles. The molecule has 6 nitrogen and oxygen atoms in total. The van der Waals surface area contributed by atoms with Crippen LogP contribution in [0.1, 0.15) is 34.2 Å². The lowest BCUT2D eigenvalue weighted by atomic mass is 10.1. The highest BCUT2D eigenvalue weighted by atomic mass is 32.2. The third-order valence-electron chi connectivity index (χ3n) is 3.14. The minimum Gasteiger partial charge on any atom is -0.333 e. The van der Waals surface area contributed by atoms with Gasteiger partial charge in [0, 0.05) is 5.54 Å². The number of para-hydroxylation sites is 2. The first-order chi connectivity index (χ1) is 11.6. The maximum Gasteiger partial charge on any atom is 0.321 e. The summed E-state index contributed by atoms with van der Waals surface area (Å²) in [6.45, 7) is 4.08. The molecule has 0 saturated carbocycles. The Morgan fingerprint density at radius 1 is 1.24 bits per heavy atom. The molecule has 136 valence electrons. The van der Waals surface area contributed by atoms with Gasteiger partial charge in [-0.25, -0.2) is 9.78 Å². The molecular weight excluding hydrogens is 350 g/mol. The highest BCUT2D eigenvalue weighted by Crippen LogP contribution is 2.31. The lowest BCUT2D eigenvalue weighted by Gasteiger charge is -2.21. The zero-order chi connectivity index (χ0) is 18.8. The number of fused-ring (bicyclic) bond motifs is 1. The standard InChI is InChI=1S/C16H20F2N4O2S/c1-9(12(23)20-14(24)21-16(2,3)4)25-15-19-10-7-5-6-8-11(10)22(15)13(17)18/h5-9,13H,1-4H3,(H2,20,21,23,24). The Kier molecular flexibility index (Phi) is 5.66. The van der Waals surface area contributed by atoms with Crippen LogP contribution in [0, 0.1) is 0 Å². The molecule has 2 aromatic rings. The number of carbonyl (C=O) groups excluding carboxylic acids is 2. The average molecular weight is 370 g/mol. The van der Waals surface area contributed by atoms with Crippen LogP contribution in [-0.2, 0) is 4.79 Å². The second-order valence-electron chi connectivity index (χ2n) is 6.48. The van der Waals surface area contributed by atoms with Crippen LogP contribution < -0.4 is 10.6 Å². The largest absolute Gasteiger partial charge is 0.333 e. The van der Waals surface area contributed by atoms with Crippen molar-refractivity contribution in [1.82, 2.24) is 20.2 Å². The summed E-state index contributed by atoms with van der Waals surface area (Å²) in [7, 11) is 0. The molecule has 0 saturated heterocycles. The summed E-state index contributed by atoms with van der Waals surface area (Å²) in [6.07, 6.45) is 0. The Hall–Kier alpha value is -2.16. The van der Waals surface area contributed by atoms with Gasteiger partial charge in [0.05, 0.1) is 16.3 Å². The predicted octanol–water partition coefficient (Wildman–Crippen LogP) is 3.54. The van der Waals surface area contributed by atoms with E-state index in [1.54, 1.807) is 45.0 Å². The van der Waals surface area contributed by atoms with Crippen LogP contribution in [0.3, 0.4) is 0 Å². The highest BCUT2D eigenvalue weighted by molar-refractivity contribution is 8.00. The molecule has 25 heavy (non-hydrogen) atoms. The van der Waals surface area contributed by atoms with Crippen molar-refractivity contribution < 1.29 is 18.4 Å². The smallest absolute Gasteiger partial charge is 0.321 e. The first-order valence-electron chi connectivity index (χ1n) is 7.63. The quantitative estimate of drug-likeness (QED) is 0.807. The summed E-state index contributed by atoms with van der Waals surface area (Å²) < 4.78 is 27.5. The summed E-state index contributed by atoms with van der Waals surface area (Å²) in [5.41, 5.74) is 0.214. The Morgan fingerprint density at radius 3 is 2.48 bits per heavy atom. The lowest BCUT2D eigenvalue weighted by Crippen LogP contribution is -2.49. The number of halogens is 2. The lowest BCUT2D eigenvalue weighted by molar-refractivity contribution is -0.119. The fourth-order valence-corrected chi connectivity index (χ4v) is 3.02. The number of urea groups is 1. The number of nitrogens with zero attached hydrogens (tertiary/aromatic N) is 2. The predicted molar refractivity (Wildman–Crippen MR) is 92.7 cm³/mol. The molecule has 3 amide bonds. The van der Waals surface area contributed by atoms with Gasteiger partial charge in [0.25, 0.3) is 0 Å². The van der Waals surface area contributed by atoms with E-state index in [4.69, 9.17) is 0 Å². The van der Waals surface area contributed by atoms with Crippen LogP contribution in [0.15, 0.2) is 29.4 Å². The van der Waals surface area contributed by atoms with Gasteiger partial charge in [-0.05, 0) is 39.8 Å². The average Bonchev–Trinajstić information content (AvgIpc) is 2.82. The van der Waals surface area contributed by atoms with Gasteiger partial charge in [-0.3, -0.25) is 14.7 Å². The molecule has 1 heterocycles. The molecule has 1 aromatic carbocycles. The number of alkyl halides is 2. The Bertz CT molecular complexity index is 786. The number of thioether (sulfide) groups is 1. The number of nitrogens with one attached hydrogen (secondary N) is 2. The molecule has 0 radical (unpaired) electrons. The maximum absolute atomic E-state index is 13.4. The highest BCUT2D eigenvalue weighted by Gasteiger charge is 2.24. The van der Waals surface area contributed by atoms with Gasteiger partial charge >= 0.3 is 12.6 Å². The van der Waals surface area contributed by atoms with E-state index in [1.807, 2.05) is 0 Å². The van der Waals surface area contributed by atoms with Gasteiger partial charge in [0.2, 0.25) is 5.91 Å². The van der Waals surface area contributed by atoms with Crippen LogP contribution in [0.4, 0.5) is 13.6 Å². The van der Waals surface area contributed by atoms with Crippen LogP contribution >= 0.6 is 11.8 Å².